The molecule has 1 unspecified atom stereocenters. The van der Waals surface area contributed by atoms with Gasteiger partial charge < -0.3 is 9.64 Å². The molecular formula is C22H18ClF4N3O4S. The second kappa shape index (κ2) is 8.83. The van der Waals surface area contributed by atoms with Gasteiger partial charge in [0.15, 0.2) is 15.9 Å². The van der Waals surface area contributed by atoms with Crippen molar-refractivity contribution in [3.05, 3.63) is 70.3 Å². The van der Waals surface area contributed by atoms with Crippen LogP contribution < -0.4 is 4.74 Å². The smallest absolute Gasteiger partial charge is 0.425 e. The van der Waals surface area contributed by atoms with E-state index in [1.54, 1.807) is 12.3 Å². The Hall–Kier alpha value is -3.12. The van der Waals surface area contributed by atoms with Gasteiger partial charge in [0.2, 0.25) is 0 Å². The second-order valence-electron chi connectivity index (χ2n) is 8.01. The highest BCUT2D eigenvalue weighted by Crippen LogP contribution is 2.33. The minimum absolute atomic E-state index is 0.00846. The van der Waals surface area contributed by atoms with Gasteiger partial charge in [0.05, 0.1) is 28.4 Å². The fraction of sp³-hybridized carbons (Fsp3) is 0.273. The van der Waals surface area contributed by atoms with Crippen molar-refractivity contribution in [3.63, 3.8) is 0 Å². The molecule has 7 nitrogen and oxygen atoms in total. The third-order valence-electron chi connectivity index (χ3n) is 5.42. The maximum absolute atomic E-state index is 13.8. The van der Waals surface area contributed by atoms with E-state index in [1.807, 2.05) is 0 Å². The van der Waals surface area contributed by atoms with Gasteiger partial charge in [-0.25, -0.2) is 17.5 Å². The van der Waals surface area contributed by atoms with Crippen LogP contribution in [-0.4, -0.2) is 47.5 Å². The zero-order valence-corrected chi connectivity index (χ0v) is 19.9. The number of amides is 1. The van der Waals surface area contributed by atoms with E-state index >= 15 is 0 Å². The summed E-state index contributed by atoms with van der Waals surface area (Å²) >= 11 is 6.01. The lowest BCUT2D eigenvalue weighted by atomic mass is 10.1. The van der Waals surface area contributed by atoms with E-state index in [1.165, 1.54) is 21.7 Å². The average molecular weight is 532 g/mol. The van der Waals surface area contributed by atoms with E-state index in [9.17, 15) is 30.8 Å². The predicted octanol–water partition coefficient (Wildman–Crippen LogP) is 4.55. The fourth-order valence-electron chi connectivity index (χ4n) is 3.53. The number of hydrogen-bond acceptors (Lipinski definition) is 5. The third kappa shape index (κ3) is 4.98. The molecule has 4 rings (SSSR count). The molecule has 0 N–H and O–H groups in total. The Morgan fingerprint density at radius 1 is 1.20 bits per heavy atom. The molecule has 0 aliphatic carbocycles. The molecule has 0 saturated carbocycles. The van der Waals surface area contributed by atoms with Gasteiger partial charge in [-0.15, -0.1) is 0 Å². The standard InChI is InChI=1S/C22H18ClF4N3O4S/c1-12(22(25,26)27)34-19-7-6-14(35(2,32)33)8-15(19)21(31)29-9-13-10-30(28-17(13)11-29)18-5-3-4-16(24)20(18)23/h3-8,10,12H,9,11H2,1-2H3. The number of carbonyl (C=O) groups excluding carboxylic acids is 1. The van der Waals surface area contributed by atoms with Gasteiger partial charge in [-0.1, -0.05) is 17.7 Å². The third-order valence-corrected chi connectivity index (χ3v) is 6.90. The van der Waals surface area contributed by atoms with Crippen molar-refractivity contribution in [1.29, 1.82) is 0 Å². The lowest BCUT2D eigenvalue weighted by molar-refractivity contribution is -0.189. The molecular weight excluding hydrogens is 514 g/mol. The minimum Gasteiger partial charge on any atom is -0.480 e. The van der Waals surface area contributed by atoms with E-state index in [2.05, 4.69) is 5.10 Å². The number of aromatic nitrogens is 2. The van der Waals surface area contributed by atoms with Crippen LogP contribution in [0.4, 0.5) is 17.6 Å². The Balaban J connectivity index is 1.63. The predicted molar refractivity (Wildman–Crippen MR) is 118 cm³/mol. The molecule has 2 aromatic carbocycles. The van der Waals surface area contributed by atoms with Gasteiger partial charge in [0.25, 0.3) is 5.91 Å². The molecule has 186 valence electrons. The normalized spacial score (nSPS) is 14.7. The molecule has 1 aliphatic heterocycles. The van der Waals surface area contributed by atoms with Crippen LogP contribution in [0.5, 0.6) is 5.75 Å². The highest BCUT2D eigenvalue weighted by atomic mass is 35.5. The number of ether oxygens (including phenoxy) is 1. The first-order chi connectivity index (χ1) is 16.3. The van der Waals surface area contributed by atoms with Gasteiger partial charge in [0, 0.05) is 24.6 Å². The molecule has 1 aliphatic rings. The van der Waals surface area contributed by atoms with E-state index in [0.29, 0.717) is 16.9 Å². The summed E-state index contributed by atoms with van der Waals surface area (Å²) < 4.78 is 83.3. The number of benzene rings is 2. The lowest BCUT2D eigenvalue weighted by Gasteiger charge is -2.22. The zero-order valence-electron chi connectivity index (χ0n) is 18.3. The van der Waals surface area contributed by atoms with Crippen LogP contribution in [0.3, 0.4) is 0 Å². The summed E-state index contributed by atoms with van der Waals surface area (Å²) in [6.07, 6.45) is -4.43. The van der Waals surface area contributed by atoms with Gasteiger partial charge in [-0.05, 0) is 37.3 Å². The van der Waals surface area contributed by atoms with Crippen LogP contribution in [0.25, 0.3) is 5.69 Å². The Bertz CT molecular complexity index is 1400. The number of alkyl halides is 3. The van der Waals surface area contributed by atoms with Crippen LogP contribution >= 0.6 is 11.6 Å². The summed E-state index contributed by atoms with van der Waals surface area (Å²) in [5.74, 6) is -1.75. The maximum Gasteiger partial charge on any atom is 0.425 e. The number of nitrogens with zero attached hydrogens (tertiary/aromatic N) is 3. The average Bonchev–Trinajstić information content (AvgIpc) is 3.33. The van der Waals surface area contributed by atoms with Crippen LogP contribution in [0.2, 0.25) is 5.02 Å². The monoisotopic (exact) mass is 531 g/mol. The van der Waals surface area contributed by atoms with Crippen molar-refractivity contribution >= 4 is 27.3 Å². The van der Waals surface area contributed by atoms with Crippen molar-refractivity contribution < 1.29 is 35.5 Å². The number of carbonyl (C=O) groups is 1. The van der Waals surface area contributed by atoms with E-state index in [4.69, 9.17) is 16.3 Å². The zero-order chi connectivity index (χ0) is 25.7. The van der Waals surface area contributed by atoms with E-state index in [0.717, 1.165) is 31.4 Å². The van der Waals surface area contributed by atoms with Gasteiger partial charge >= 0.3 is 6.18 Å². The van der Waals surface area contributed by atoms with Crippen molar-refractivity contribution in [2.45, 2.75) is 37.2 Å². The molecule has 13 heteroatoms. The van der Waals surface area contributed by atoms with Crippen molar-refractivity contribution in [1.82, 2.24) is 14.7 Å². The molecule has 0 bridgehead atoms. The number of rotatable bonds is 5. The number of sulfone groups is 1. The molecule has 2 heterocycles. The van der Waals surface area contributed by atoms with E-state index < -0.39 is 39.6 Å². The second-order valence-corrected chi connectivity index (χ2v) is 10.4. The fourth-order valence-corrected chi connectivity index (χ4v) is 4.39. The molecule has 35 heavy (non-hydrogen) atoms. The summed E-state index contributed by atoms with van der Waals surface area (Å²) in [5, 5.41) is 4.22. The number of fused-ring (bicyclic) bond motifs is 1. The van der Waals surface area contributed by atoms with Gasteiger partial charge in [-0.2, -0.15) is 18.3 Å². The van der Waals surface area contributed by atoms with Gasteiger partial charge in [-0.3, -0.25) is 4.79 Å². The van der Waals surface area contributed by atoms with Crippen molar-refractivity contribution in [2.75, 3.05) is 6.26 Å². The van der Waals surface area contributed by atoms with Crippen molar-refractivity contribution in [3.8, 4) is 11.4 Å². The summed E-state index contributed by atoms with van der Waals surface area (Å²) in [6, 6.07) is 7.35. The number of halogens is 5. The minimum atomic E-state index is -4.69. The molecule has 0 saturated heterocycles. The molecule has 3 aromatic rings. The van der Waals surface area contributed by atoms with Crippen LogP contribution in [0.1, 0.15) is 28.5 Å². The Morgan fingerprint density at radius 2 is 1.91 bits per heavy atom. The topological polar surface area (TPSA) is 81.5 Å². The highest BCUT2D eigenvalue weighted by molar-refractivity contribution is 7.90. The largest absolute Gasteiger partial charge is 0.480 e. The maximum atomic E-state index is 13.8. The first kappa shape index (κ1) is 25.0. The van der Waals surface area contributed by atoms with Gasteiger partial charge in [0.1, 0.15) is 16.6 Å². The van der Waals surface area contributed by atoms with Crippen LogP contribution in [-0.2, 0) is 22.9 Å². The Morgan fingerprint density at radius 3 is 2.54 bits per heavy atom. The molecule has 1 atom stereocenters. The molecule has 0 spiro atoms. The molecule has 0 radical (unpaired) electrons. The summed E-state index contributed by atoms with van der Waals surface area (Å²) in [5.41, 5.74) is 1.07. The summed E-state index contributed by atoms with van der Waals surface area (Å²) in [7, 11) is -3.75. The van der Waals surface area contributed by atoms with Crippen LogP contribution in [0, 0.1) is 5.82 Å². The Labute approximate surface area is 202 Å². The highest BCUT2D eigenvalue weighted by Gasteiger charge is 2.39. The van der Waals surface area contributed by atoms with Crippen LogP contribution in [0.15, 0.2) is 47.5 Å². The number of hydrogen-bond donors (Lipinski definition) is 0. The molecule has 1 aromatic heterocycles. The molecule has 1 amide bonds. The first-order valence-electron chi connectivity index (χ1n) is 10.1. The SMILES string of the molecule is CC(Oc1ccc(S(C)(=O)=O)cc1C(=O)N1Cc2cn(-c3cccc(F)c3Cl)nc2C1)C(F)(F)F. The Kier molecular flexibility index (Phi) is 6.30. The molecule has 0 fully saturated rings. The first-order valence-corrected chi connectivity index (χ1v) is 12.4. The lowest BCUT2D eigenvalue weighted by Crippen LogP contribution is -2.33. The van der Waals surface area contributed by atoms with Crippen molar-refractivity contribution in [2.24, 2.45) is 0 Å². The summed E-state index contributed by atoms with van der Waals surface area (Å²) in [6.45, 7) is 0.814. The van der Waals surface area contributed by atoms with E-state index in [-0.39, 0.29) is 28.6 Å². The summed E-state index contributed by atoms with van der Waals surface area (Å²) in [4.78, 5) is 14.3. The quantitative estimate of drug-likeness (QED) is 0.451.